The summed E-state index contributed by atoms with van der Waals surface area (Å²) in [6, 6.07) is 3.42. The topological polar surface area (TPSA) is 22.1 Å². The molecule has 0 saturated heterocycles. The lowest BCUT2D eigenvalue weighted by Crippen LogP contribution is -2.37. The van der Waals surface area contributed by atoms with Gasteiger partial charge in [0.2, 0.25) is 0 Å². The molecule has 130 valence electrons. The van der Waals surface area contributed by atoms with E-state index in [9.17, 15) is 0 Å². The van der Waals surface area contributed by atoms with Crippen molar-refractivity contribution in [3.05, 3.63) is 28.0 Å². The van der Waals surface area contributed by atoms with Crippen molar-refractivity contribution >= 4 is 31.5 Å². The summed E-state index contributed by atoms with van der Waals surface area (Å²) in [4.78, 5) is 4.09. The first-order valence-electron chi connectivity index (χ1n) is 9.02. The van der Waals surface area contributed by atoms with Crippen LogP contribution in [0.5, 0.6) is 0 Å². The van der Waals surface area contributed by atoms with Crippen molar-refractivity contribution in [2.75, 3.05) is 0 Å². The van der Waals surface area contributed by atoms with Gasteiger partial charge in [-0.2, -0.15) is 0 Å². The maximum Gasteiger partial charge on any atom is 0.192 e. The van der Waals surface area contributed by atoms with E-state index in [2.05, 4.69) is 25.8 Å². The predicted molar refractivity (Wildman–Crippen MR) is 102 cm³/mol. The van der Waals surface area contributed by atoms with Gasteiger partial charge in [0.25, 0.3) is 0 Å². The number of hydrogen-bond donors (Lipinski definition) is 0. The third-order valence-electron chi connectivity index (χ3n) is 5.31. The van der Waals surface area contributed by atoms with Gasteiger partial charge in [-0.1, -0.05) is 69.7 Å². The molecule has 1 aliphatic rings. The Morgan fingerprint density at radius 2 is 1.70 bits per heavy atom. The Labute approximate surface area is 152 Å². The van der Waals surface area contributed by atoms with E-state index in [0.29, 0.717) is 10.0 Å². The second-order valence-electron chi connectivity index (χ2n) is 6.74. The minimum absolute atomic E-state index is 0.0169. The molecule has 0 N–H and O–H groups in total. The Hall–Kier alpha value is -0.0931. The molecule has 0 bridgehead atoms. The van der Waals surface area contributed by atoms with Crippen LogP contribution in [0.25, 0.3) is 0 Å². The average molecular weight is 374 g/mol. The molecule has 23 heavy (non-hydrogen) atoms. The quantitative estimate of drug-likeness (QED) is 0.410. The maximum absolute atomic E-state index is 6.78. The highest BCUT2D eigenvalue weighted by molar-refractivity contribution is 6.73. The Kier molecular flexibility index (Phi) is 7.40. The molecule has 0 aromatic carbocycles. The van der Waals surface area contributed by atoms with Crippen LogP contribution in [0.4, 0.5) is 0 Å². The highest BCUT2D eigenvalue weighted by atomic mass is 35.5. The lowest BCUT2D eigenvalue weighted by molar-refractivity contribution is 0.175. The van der Waals surface area contributed by atoms with Crippen LogP contribution < -0.4 is 0 Å². The van der Waals surface area contributed by atoms with Crippen LogP contribution in [-0.2, 0) is 4.43 Å². The van der Waals surface area contributed by atoms with Gasteiger partial charge in [0.05, 0.1) is 16.1 Å². The van der Waals surface area contributed by atoms with E-state index in [1.165, 1.54) is 25.7 Å². The summed E-state index contributed by atoms with van der Waals surface area (Å²) in [5.74, 6) is 0.949. The lowest BCUT2D eigenvalue weighted by atomic mass is 10.0. The fourth-order valence-corrected chi connectivity index (χ4v) is 6.74. The van der Waals surface area contributed by atoms with Crippen molar-refractivity contribution < 1.29 is 4.43 Å². The minimum Gasteiger partial charge on any atom is -0.410 e. The zero-order chi connectivity index (χ0) is 16.9. The van der Waals surface area contributed by atoms with Gasteiger partial charge >= 0.3 is 0 Å². The number of nitrogens with zero attached hydrogens (tertiary/aromatic N) is 1. The van der Waals surface area contributed by atoms with Crippen LogP contribution in [0.3, 0.4) is 0 Å². The molecule has 0 spiro atoms. The van der Waals surface area contributed by atoms with Crippen molar-refractivity contribution in [2.45, 2.75) is 77.1 Å². The second-order valence-corrected chi connectivity index (χ2v) is 12.3. The lowest BCUT2D eigenvalue weighted by Gasteiger charge is -2.34. The molecule has 5 heteroatoms. The Bertz CT molecular complexity index is 475. The molecule has 2 nitrogen and oxygen atoms in total. The van der Waals surface area contributed by atoms with E-state index in [1.807, 2.05) is 0 Å². The van der Waals surface area contributed by atoms with Gasteiger partial charge in [0.1, 0.15) is 0 Å². The molecule has 1 unspecified atom stereocenters. The molecule has 1 aromatic rings. The molecular formula is C18H29Cl2NOSi. The van der Waals surface area contributed by atoms with E-state index in [1.54, 1.807) is 12.4 Å². The Morgan fingerprint density at radius 3 is 2.17 bits per heavy atom. The molecule has 2 rings (SSSR count). The van der Waals surface area contributed by atoms with Crippen molar-refractivity contribution in [1.82, 2.24) is 4.98 Å². The first kappa shape index (κ1) is 19.2. The molecule has 1 aliphatic carbocycles. The van der Waals surface area contributed by atoms with E-state index in [4.69, 9.17) is 27.6 Å². The van der Waals surface area contributed by atoms with Crippen molar-refractivity contribution in [2.24, 2.45) is 5.92 Å². The monoisotopic (exact) mass is 373 g/mol. The highest BCUT2D eigenvalue weighted by Crippen LogP contribution is 2.40. The first-order chi connectivity index (χ1) is 11.0. The van der Waals surface area contributed by atoms with Crippen LogP contribution in [0.2, 0.25) is 28.2 Å². The van der Waals surface area contributed by atoms with Gasteiger partial charge in [-0.25, -0.2) is 0 Å². The fourth-order valence-electron chi connectivity index (χ4n) is 3.29. The molecule has 1 saturated carbocycles. The van der Waals surface area contributed by atoms with Crippen molar-refractivity contribution in [3.8, 4) is 0 Å². The van der Waals surface area contributed by atoms with Crippen LogP contribution in [0, 0.1) is 5.92 Å². The van der Waals surface area contributed by atoms with Crippen LogP contribution >= 0.6 is 23.2 Å². The maximum atomic E-state index is 6.78. The van der Waals surface area contributed by atoms with Crippen molar-refractivity contribution in [1.29, 1.82) is 0 Å². The van der Waals surface area contributed by atoms with E-state index >= 15 is 0 Å². The van der Waals surface area contributed by atoms with E-state index < -0.39 is 8.32 Å². The summed E-state index contributed by atoms with van der Waals surface area (Å²) in [6.45, 7) is 6.78. The normalized spacial score (nSPS) is 16.6. The summed E-state index contributed by atoms with van der Waals surface area (Å²) in [6.07, 6.45) is 9.70. The largest absolute Gasteiger partial charge is 0.410 e. The molecule has 0 aliphatic heterocycles. The van der Waals surface area contributed by atoms with Gasteiger partial charge < -0.3 is 4.43 Å². The summed E-state index contributed by atoms with van der Waals surface area (Å²) in [5.41, 5.74) is 0.950. The smallest absolute Gasteiger partial charge is 0.192 e. The third kappa shape index (κ3) is 5.19. The molecule has 1 atom stereocenters. The van der Waals surface area contributed by atoms with Gasteiger partial charge in [0.15, 0.2) is 8.32 Å². The molecule has 1 fully saturated rings. The average Bonchev–Trinajstić information content (AvgIpc) is 3.36. The molecule has 1 heterocycles. The number of halogens is 2. The number of aromatic nitrogens is 1. The predicted octanol–water partition coefficient (Wildman–Crippen LogP) is 7.03. The van der Waals surface area contributed by atoms with Crippen molar-refractivity contribution in [3.63, 3.8) is 0 Å². The standard InChI is InChI=1S/C18H29Cl2NOSi/c1-4-23(5-2,6-3)22-17(9-7-8-14-10-11-14)18-15(19)12-21-13-16(18)20/h12-14,17H,4-11H2,1-3H3. The number of rotatable bonds is 10. The summed E-state index contributed by atoms with van der Waals surface area (Å²) < 4.78 is 6.78. The van der Waals surface area contributed by atoms with Crippen LogP contribution in [-0.4, -0.2) is 13.3 Å². The highest BCUT2D eigenvalue weighted by Gasteiger charge is 2.34. The SMILES string of the molecule is CC[Si](CC)(CC)OC(CCCC1CC1)c1c(Cl)cncc1Cl. The first-order valence-corrected chi connectivity index (χ1v) is 12.3. The Morgan fingerprint density at radius 1 is 1.13 bits per heavy atom. The van der Waals surface area contributed by atoms with E-state index in [0.717, 1.165) is 36.0 Å². The number of hydrogen-bond acceptors (Lipinski definition) is 2. The molecule has 0 amide bonds. The molecule has 0 radical (unpaired) electrons. The van der Waals surface area contributed by atoms with Gasteiger partial charge in [0, 0.05) is 18.0 Å². The zero-order valence-electron chi connectivity index (χ0n) is 14.6. The molecular weight excluding hydrogens is 345 g/mol. The second kappa shape index (κ2) is 8.84. The zero-order valence-corrected chi connectivity index (χ0v) is 17.1. The van der Waals surface area contributed by atoms with Gasteiger partial charge in [-0.05, 0) is 30.5 Å². The van der Waals surface area contributed by atoms with E-state index in [-0.39, 0.29) is 6.10 Å². The van der Waals surface area contributed by atoms with Gasteiger partial charge in [-0.3, -0.25) is 4.98 Å². The minimum atomic E-state index is -1.71. The third-order valence-corrected chi connectivity index (χ3v) is 10.6. The Balaban J connectivity index is 2.19. The van der Waals surface area contributed by atoms with Crippen LogP contribution in [0.15, 0.2) is 12.4 Å². The summed E-state index contributed by atoms with van der Waals surface area (Å²) >= 11 is 12.8. The summed E-state index contributed by atoms with van der Waals surface area (Å²) in [5, 5.41) is 1.28. The fraction of sp³-hybridized carbons (Fsp3) is 0.722. The number of pyridine rings is 1. The van der Waals surface area contributed by atoms with Gasteiger partial charge in [-0.15, -0.1) is 0 Å². The summed E-state index contributed by atoms with van der Waals surface area (Å²) in [7, 11) is -1.71. The van der Waals surface area contributed by atoms with Crippen LogP contribution in [0.1, 0.15) is 64.5 Å². The molecule has 1 aromatic heterocycles.